The van der Waals surface area contributed by atoms with Crippen LogP contribution in [0.5, 0.6) is 0 Å². The van der Waals surface area contributed by atoms with Gasteiger partial charge < -0.3 is 4.98 Å². The van der Waals surface area contributed by atoms with Gasteiger partial charge in [0.25, 0.3) is 0 Å². The SMILES string of the molecule is [Fe+2].c1cc[cH-]c1.c1ccc(-c2nc3c(ccc4nc(-[c-]5cccc5)nc43)[nH]c2-c2ccccn2)nc1. The van der Waals surface area contributed by atoms with Crippen molar-refractivity contribution in [1.29, 1.82) is 0 Å². The van der Waals surface area contributed by atoms with Crippen LogP contribution in [-0.4, -0.2) is 29.9 Å². The van der Waals surface area contributed by atoms with Gasteiger partial charge in [0, 0.05) is 12.4 Å². The minimum atomic E-state index is 0. The maximum Gasteiger partial charge on any atom is 2.00 e. The van der Waals surface area contributed by atoms with Crippen LogP contribution in [0.1, 0.15) is 0 Å². The number of aromatic amines is 1. The molecule has 0 unspecified atom stereocenters. The predicted octanol–water partition coefficient (Wildman–Crippen LogP) is 6.42. The normalized spacial score (nSPS) is 10.6. The summed E-state index contributed by atoms with van der Waals surface area (Å²) in [5.74, 6) is 0.706. The van der Waals surface area contributed by atoms with E-state index in [0.29, 0.717) is 5.82 Å². The van der Waals surface area contributed by atoms with Gasteiger partial charge in [0.15, 0.2) is 0 Å². The molecule has 0 fully saturated rings. The summed E-state index contributed by atoms with van der Waals surface area (Å²) in [5, 5.41) is 0. The number of benzene rings is 1. The summed E-state index contributed by atoms with van der Waals surface area (Å²) in [6.45, 7) is 0. The van der Waals surface area contributed by atoms with E-state index in [9.17, 15) is 0 Å². The monoisotopic (exact) mass is 508 g/mol. The smallest absolute Gasteiger partial charge is 0.350 e. The molecule has 0 aliphatic carbocycles. The molecule has 0 bridgehead atoms. The Kier molecular flexibility index (Phi) is 6.76. The van der Waals surface area contributed by atoms with Crippen molar-refractivity contribution in [3.8, 4) is 34.2 Å². The van der Waals surface area contributed by atoms with E-state index in [4.69, 9.17) is 15.0 Å². The van der Waals surface area contributed by atoms with E-state index in [1.807, 2.05) is 103 Å². The Balaban J connectivity index is 0.000000400. The number of aromatic nitrogens is 6. The number of hydrogen-bond acceptors (Lipinski definition) is 5. The summed E-state index contributed by atoms with van der Waals surface area (Å²) in [5.41, 5.74) is 7.34. The number of hydrogen-bond donors (Lipinski definition) is 1. The minimum Gasteiger partial charge on any atom is -0.350 e. The van der Waals surface area contributed by atoms with E-state index in [-0.39, 0.29) is 17.1 Å². The van der Waals surface area contributed by atoms with Gasteiger partial charge in [0.1, 0.15) is 22.6 Å². The van der Waals surface area contributed by atoms with Gasteiger partial charge in [-0.2, -0.15) is 30.3 Å². The van der Waals surface area contributed by atoms with Crippen molar-refractivity contribution in [3.63, 3.8) is 0 Å². The van der Waals surface area contributed by atoms with Crippen molar-refractivity contribution in [2.24, 2.45) is 0 Å². The topological polar surface area (TPSA) is 80.2 Å². The molecule has 0 amide bonds. The number of fused-ring (bicyclic) bond motifs is 3. The Morgan fingerprint density at radius 1 is 0.667 bits per heavy atom. The van der Waals surface area contributed by atoms with Gasteiger partial charge in [-0.25, -0.2) is 39.2 Å². The molecule has 1 N–H and O–H groups in total. The fourth-order valence-corrected chi connectivity index (χ4v) is 3.95. The van der Waals surface area contributed by atoms with Gasteiger partial charge in [-0.05, 0) is 36.4 Å². The molecule has 4 heterocycles. The molecule has 0 aliphatic heterocycles. The third-order valence-corrected chi connectivity index (χ3v) is 5.60. The Morgan fingerprint density at radius 2 is 1.39 bits per heavy atom. The third kappa shape index (κ3) is 4.58. The molecule has 7 rings (SSSR count). The maximum absolute atomic E-state index is 5.01. The van der Waals surface area contributed by atoms with E-state index in [1.54, 1.807) is 12.4 Å². The van der Waals surface area contributed by atoms with Gasteiger partial charge in [0.05, 0.1) is 28.1 Å². The van der Waals surface area contributed by atoms with Crippen LogP contribution in [-0.2, 0) is 17.1 Å². The molecule has 6 nitrogen and oxygen atoms in total. The Bertz CT molecular complexity index is 1660. The number of pyridine rings is 2. The van der Waals surface area contributed by atoms with E-state index < -0.39 is 0 Å². The second-order valence-corrected chi connectivity index (χ2v) is 7.90. The molecule has 0 radical (unpaired) electrons. The Labute approximate surface area is 218 Å². The molecule has 0 spiro atoms. The number of imidazole rings is 1. The van der Waals surface area contributed by atoms with Gasteiger partial charge in [-0.15, -0.1) is 0 Å². The summed E-state index contributed by atoms with van der Waals surface area (Å²) in [4.78, 5) is 27.0. The van der Waals surface area contributed by atoms with Crippen molar-refractivity contribution in [1.82, 2.24) is 29.9 Å². The molecule has 7 heteroatoms. The van der Waals surface area contributed by atoms with Crippen LogP contribution in [0.4, 0.5) is 0 Å². The van der Waals surface area contributed by atoms with Crippen LogP contribution in [0.25, 0.3) is 56.2 Å². The van der Waals surface area contributed by atoms with E-state index in [0.717, 1.165) is 50.4 Å². The molecule has 0 saturated heterocycles. The molecule has 0 aliphatic rings. The number of H-pyrrole nitrogens is 1. The van der Waals surface area contributed by atoms with Crippen molar-refractivity contribution < 1.29 is 17.1 Å². The summed E-state index contributed by atoms with van der Waals surface area (Å²) in [6.07, 6.45) is 3.54. The van der Waals surface area contributed by atoms with Crippen LogP contribution in [0.3, 0.4) is 0 Å². The zero-order valence-electron chi connectivity index (χ0n) is 19.1. The van der Waals surface area contributed by atoms with Crippen LogP contribution in [0, 0.1) is 0 Å². The second kappa shape index (κ2) is 10.4. The number of nitrogens with one attached hydrogen (secondary N) is 1. The average Bonchev–Trinajstić information content (AvgIpc) is 3.72. The molecule has 4 aromatic heterocycles. The molecular weight excluding hydrogens is 488 g/mol. The minimum absolute atomic E-state index is 0. The van der Waals surface area contributed by atoms with Gasteiger partial charge in [-0.1, -0.05) is 17.7 Å². The summed E-state index contributed by atoms with van der Waals surface area (Å²) < 4.78 is 0. The van der Waals surface area contributed by atoms with Crippen molar-refractivity contribution in [2.75, 3.05) is 0 Å². The molecule has 3 aromatic carbocycles. The zero-order chi connectivity index (χ0) is 23.5. The van der Waals surface area contributed by atoms with Crippen molar-refractivity contribution in [2.45, 2.75) is 0 Å². The number of rotatable bonds is 3. The van der Waals surface area contributed by atoms with Gasteiger partial charge >= 0.3 is 17.1 Å². The zero-order valence-corrected chi connectivity index (χ0v) is 20.2. The molecule has 0 atom stereocenters. The predicted molar refractivity (Wildman–Crippen MR) is 139 cm³/mol. The van der Waals surface area contributed by atoms with E-state index in [2.05, 4.69) is 15.0 Å². The summed E-state index contributed by atoms with van der Waals surface area (Å²) in [7, 11) is 0. The molecule has 7 aromatic rings. The van der Waals surface area contributed by atoms with Gasteiger partial charge in [0.2, 0.25) is 0 Å². The third-order valence-electron chi connectivity index (χ3n) is 5.60. The largest absolute Gasteiger partial charge is 2.00 e. The van der Waals surface area contributed by atoms with E-state index >= 15 is 0 Å². The molecule has 36 heavy (non-hydrogen) atoms. The molecular formula is C29H20FeN6. The van der Waals surface area contributed by atoms with E-state index in [1.165, 1.54) is 0 Å². The Morgan fingerprint density at radius 3 is 2.03 bits per heavy atom. The first-order valence-electron chi connectivity index (χ1n) is 11.3. The fourth-order valence-electron chi connectivity index (χ4n) is 3.95. The molecule has 174 valence electrons. The van der Waals surface area contributed by atoms with Gasteiger partial charge in [-0.3, -0.25) is 9.97 Å². The average molecular weight is 508 g/mol. The maximum atomic E-state index is 5.01. The first-order valence-corrected chi connectivity index (χ1v) is 11.3. The summed E-state index contributed by atoms with van der Waals surface area (Å²) in [6, 6.07) is 33.5. The second-order valence-electron chi connectivity index (χ2n) is 7.90. The van der Waals surface area contributed by atoms with Crippen molar-refractivity contribution >= 4 is 22.1 Å². The first-order chi connectivity index (χ1) is 17.4. The molecule has 0 saturated carbocycles. The van der Waals surface area contributed by atoms with Crippen LogP contribution in [0.15, 0.2) is 116 Å². The van der Waals surface area contributed by atoms with Crippen LogP contribution < -0.4 is 0 Å². The number of nitrogens with zero attached hydrogens (tertiary/aromatic N) is 5. The van der Waals surface area contributed by atoms with Crippen LogP contribution in [0.2, 0.25) is 0 Å². The summed E-state index contributed by atoms with van der Waals surface area (Å²) >= 11 is 0. The first kappa shape index (κ1) is 23.3. The standard InChI is InChI=1S/C24H15N6.C5H5.Fe/c1-2-8-15(7-1)24-28-19-12-11-18-22(23(19)30-24)29-21(17-10-4-6-14-26-17)20(27-18)16-9-3-5-13-25-16;1-2-4-5-3-1;/h1-14,27H;1-5H;/q2*-1;+2. The van der Waals surface area contributed by atoms with Crippen molar-refractivity contribution in [3.05, 3.63) is 116 Å². The quantitative estimate of drug-likeness (QED) is 0.220. The fraction of sp³-hybridized carbons (Fsp3) is 0. The van der Waals surface area contributed by atoms with Crippen LogP contribution >= 0.6 is 0 Å². The Hall–Kier alpha value is -4.45.